The molecule has 0 saturated heterocycles. The van der Waals surface area contributed by atoms with Crippen molar-refractivity contribution in [2.24, 2.45) is 5.73 Å². The van der Waals surface area contributed by atoms with Gasteiger partial charge in [-0.25, -0.2) is 4.79 Å². The smallest absolute Gasteiger partial charge is 0.330 e. The lowest BCUT2D eigenvalue weighted by molar-refractivity contribution is -0.143. The zero-order valence-electron chi connectivity index (χ0n) is 43.3. The summed E-state index contributed by atoms with van der Waals surface area (Å²) in [4.78, 5) is 103. The summed E-state index contributed by atoms with van der Waals surface area (Å²) in [6.45, 7) is 0. The van der Waals surface area contributed by atoms with Gasteiger partial charge in [0.05, 0.1) is 10.0 Å². The highest BCUT2D eigenvalue weighted by molar-refractivity contribution is 6.32. The highest BCUT2D eigenvalue weighted by atomic mass is 35.5. The molecule has 17 bridgehead atoms. The average Bonchev–Trinajstić information content (AvgIpc) is 3.65. The molecule has 6 amide bonds. The molecule has 25 nitrogen and oxygen atoms in total. The van der Waals surface area contributed by atoms with E-state index in [9.17, 15) is 60.0 Å². The van der Waals surface area contributed by atoms with E-state index in [1.54, 1.807) is 0 Å². The fourth-order valence-electron chi connectivity index (χ4n) is 10.2. The summed E-state index contributed by atoms with van der Waals surface area (Å²) in [5.41, 5.74) is 4.41. The van der Waals surface area contributed by atoms with E-state index in [0.717, 1.165) is 60.7 Å². The second kappa shape index (κ2) is 22.0. The molecular formula is C58H45Cl2N7O18. The summed E-state index contributed by atoms with van der Waals surface area (Å²) >= 11 is 13.7. The number of halogens is 2. The number of phenols is 6. The first kappa shape index (κ1) is 56.4. The number of aliphatic carboxylic acids is 1. The number of nitrogens with one attached hydrogen (secondary N) is 6. The lowest BCUT2D eigenvalue weighted by Gasteiger charge is -2.31. The number of hydrogen-bond acceptors (Lipinski definition) is 18. The molecule has 0 fully saturated rings. The number of nitrogens with two attached hydrogens (primary N) is 1. The van der Waals surface area contributed by atoms with Crippen molar-refractivity contribution >= 4 is 64.6 Å². The van der Waals surface area contributed by atoms with E-state index in [4.69, 9.17) is 43.1 Å². The van der Waals surface area contributed by atoms with Gasteiger partial charge < -0.3 is 92.7 Å². The van der Waals surface area contributed by atoms with Gasteiger partial charge in [-0.3, -0.25) is 28.8 Å². The molecule has 6 aliphatic rings. The van der Waals surface area contributed by atoms with Crippen molar-refractivity contribution in [1.29, 1.82) is 0 Å². The maximum absolute atomic E-state index is 15.7. The molecule has 0 spiro atoms. The number of hydrogen-bond donors (Lipinski definition) is 15. The SMILES string of the molecule is N[C@@H]1C(=O)N[C@@H]2Cc3ccc(c(Cl)c3)Oc3cc4cc(c3O)Oc3ccc(cc3Cl)[C@@H](O)[C@@H]3NC(=O)[C@H](NC(=O)[C@@H]4NC(=O)C(NC2=O)c2cc(O)cc(c2)Oc2cc1ccc2O)c1ccc(O)c(c1)-c1c(O)cc(O)cc1C(C(=O)O)NC3=O. The van der Waals surface area contributed by atoms with E-state index >= 15 is 14.4 Å². The first-order valence-electron chi connectivity index (χ1n) is 25.5. The molecule has 27 heteroatoms. The minimum atomic E-state index is -2.19. The Balaban J connectivity index is 1.14. The van der Waals surface area contributed by atoms with Crippen LogP contribution in [-0.4, -0.2) is 94.3 Å². The van der Waals surface area contributed by atoms with Crippen LogP contribution in [0.5, 0.6) is 69.0 Å². The zero-order chi connectivity index (χ0) is 60.4. The Morgan fingerprint density at radius 1 is 0.494 bits per heavy atom. The maximum atomic E-state index is 15.7. The molecule has 13 rings (SSSR count). The van der Waals surface area contributed by atoms with Crippen LogP contribution in [-0.2, 0) is 40.0 Å². The van der Waals surface area contributed by atoms with Gasteiger partial charge >= 0.3 is 5.97 Å². The van der Waals surface area contributed by atoms with Crippen molar-refractivity contribution < 1.29 is 88.6 Å². The number of benzene rings is 7. The number of phenolic OH excluding ortho intramolecular Hbond substituents is 6. The number of aromatic hydroxyl groups is 6. The van der Waals surface area contributed by atoms with E-state index in [2.05, 4.69) is 31.9 Å². The van der Waals surface area contributed by atoms with Crippen LogP contribution in [0.3, 0.4) is 0 Å². The summed E-state index contributed by atoms with van der Waals surface area (Å²) in [6, 6.07) is 8.15. The lowest BCUT2D eigenvalue weighted by Crippen LogP contribution is -2.55. The second-order valence-corrected chi connectivity index (χ2v) is 20.9. The molecule has 7 aromatic carbocycles. The number of carboxylic acid groups (broad SMARTS) is 1. The monoisotopic (exact) mass is 1200 g/mol. The number of carbonyl (C=O) groups is 7. The van der Waals surface area contributed by atoms with Gasteiger partial charge in [-0.2, -0.15) is 0 Å². The highest BCUT2D eigenvalue weighted by Gasteiger charge is 2.41. The third-order valence-electron chi connectivity index (χ3n) is 14.4. The van der Waals surface area contributed by atoms with Gasteiger partial charge in [0.2, 0.25) is 41.2 Å². The number of amides is 6. The summed E-state index contributed by atoms with van der Waals surface area (Å²) in [7, 11) is 0. The van der Waals surface area contributed by atoms with Gasteiger partial charge in [-0.15, -0.1) is 0 Å². The Morgan fingerprint density at radius 3 is 1.74 bits per heavy atom. The Kier molecular flexibility index (Phi) is 14.6. The van der Waals surface area contributed by atoms with E-state index in [1.165, 1.54) is 54.6 Å². The van der Waals surface area contributed by atoms with Gasteiger partial charge in [0.15, 0.2) is 29.0 Å². The standard InChI is InChI=1S/C58H45Cl2N7O18/c59-32-9-21-1-7-38(32)84-41-16-26-17-42(51(41)74)85-39-8-4-24(14-33(39)60)50(73)49-57(80)66-48(58(81)82)31-19-28(69)20-37(72)43(31)30-13-23(3-5-35(30)70)45(54(77)67-49)64-56(79)47(26)65-55(78)46-25-11-27(68)18-29(12-25)83-40-15-22(2-6-36(40)71)44(61)53(76)62-34(10-21)52(75)63-46/h1-9,11-20,34,44-50,68-74H,10,61H2,(H,62,76)(H,63,75)(H,64,79)(H,65,78)(H,66,80)(H,67,77)(H,81,82)/t34-,44+,45-,46?,47-,48?,49+,50-/m1/s1. The van der Waals surface area contributed by atoms with Crippen molar-refractivity contribution in [1.82, 2.24) is 31.9 Å². The van der Waals surface area contributed by atoms with E-state index < -0.39 is 152 Å². The van der Waals surface area contributed by atoms with Gasteiger partial charge in [-0.1, -0.05) is 47.5 Å². The van der Waals surface area contributed by atoms with Gasteiger partial charge in [0, 0.05) is 35.2 Å². The number of carbonyl (C=O) groups excluding carboxylic acids is 6. The van der Waals surface area contributed by atoms with Crippen LogP contribution in [0.2, 0.25) is 10.0 Å². The van der Waals surface area contributed by atoms with E-state index in [0.29, 0.717) is 5.56 Å². The topological polar surface area (TPSA) is 407 Å². The predicted octanol–water partition coefficient (Wildman–Crippen LogP) is 4.98. The van der Waals surface area contributed by atoms with E-state index in [-0.39, 0.29) is 67.3 Å². The molecule has 85 heavy (non-hydrogen) atoms. The van der Waals surface area contributed by atoms with Crippen LogP contribution in [0.4, 0.5) is 0 Å². The van der Waals surface area contributed by atoms with Crippen LogP contribution in [0.15, 0.2) is 115 Å². The molecule has 7 aromatic rings. The summed E-state index contributed by atoms with van der Waals surface area (Å²) in [5.74, 6) is -14.9. The Morgan fingerprint density at radius 2 is 1.07 bits per heavy atom. The predicted molar refractivity (Wildman–Crippen MR) is 295 cm³/mol. The first-order valence-corrected chi connectivity index (χ1v) is 26.3. The van der Waals surface area contributed by atoms with Gasteiger partial charge in [0.25, 0.3) is 0 Å². The number of aliphatic hydroxyl groups is 1. The molecule has 0 saturated carbocycles. The lowest BCUT2D eigenvalue weighted by atomic mass is 9.89. The number of carboxylic acids is 1. The van der Waals surface area contributed by atoms with Crippen molar-refractivity contribution in [2.75, 3.05) is 0 Å². The molecule has 0 aliphatic carbocycles. The molecule has 16 N–H and O–H groups in total. The van der Waals surface area contributed by atoms with Gasteiger partial charge in [-0.05, 0) is 112 Å². The molecule has 0 radical (unpaired) electrons. The molecule has 6 aliphatic heterocycles. The Bertz CT molecular complexity index is 4030. The first-order chi connectivity index (χ1) is 40.5. The molecule has 8 atom stereocenters. The van der Waals surface area contributed by atoms with Crippen molar-refractivity contribution in [3.63, 3.8) is 0 Å². The quantitative estimate of drug-likeness (QED) is 0.103. The highest BCUT2D eigenvalue weighted by Crippen LogP contribution is 2.48. The van der Waals surface area contributed by atoms with Crippen LogP contribution >= 0.6 is 23.2 Å². The van der Waals surface area contributed by atoms with Crippen molar-refractivity contribution in [2.45, 2.75) is 54.8 Å². The van der Waals surface area contributed by atoms with E-state index in [1.807, 2.05) is 0 Å². The molecule has 2 unspecified atom stereocenters. The fourth-order valence-corrected chi connectivity index (χ4v) is 10.7. The number of fused-ring (bicyclic) bond motifs is 14. The van der Waals surface area contributed by atoms with Crippen LogP contribution in [0.25, 0.3) is 11.1 Å². The normalized spacial score (nSPS) is 22.0. The largest absolute Gasteiger partial charge is 0.508 e. The maximum Gasteiger partial charge on any atom is 0.330 e. The zero-order valence-corrected chi connectivity index (χ0v) is 44.8. The van der Waals surface area contributed by atoms with Crippen LogP contribution < -0.4 is 51.8 Å². The number of rotatable bonds is 1. The minimum Gasteiger partial charge on any atom is -0.508 e. The third kappa shape index (κ3) is 10.9. The molecule has 6 heterocycles. The molecular weight excluding hydrogens is 1150 g/mol. The second-order valence-electron chi connectivity index (χ2n) is 20.1. The molecule has 434 valence electrons. The summed E-state index contributed by atoms with van der Waals surface area (Å²) < 4.78 is 18.4. The van der Waals surface area contributed by atoms with Crippen molar-refractivity contribution in [3.05, 3.63) is 164 Å². The summed E-state index contributed by atoms with van der Waals surface area (Å²) in [5, 5.41) is 105. The van der Waals surface area contributed by atoms with Crippen LogP contribution in [0.1, 0.15) is 75.3 Å². The molecule has 0 aromatic heterocycles. The van der Waals surface area contributed by atoms with Gasteiger partial charge in [0.1, 0.15) is 82.6 Å². The third-order valence-corrected chi connectivity index (χ3v) is 15.0. The fraction of sp³-hybridized carbons (Fsp3) is 0.155. The Hall–Kier alpha value is -10.5. The average molecular weight is 1200 g/mol. The summed E-state index contributed by atoms with van der Waals surface area (Å²) in [6.07, 6.45) is -2.47. The van der Waals surface area contributed by atoms with Crippen LogP contribution in [0, 0.1) is 0 Å². The number of aliphatic hydroxyl groups excluding tert-OH is 1. The van der Waals surface area contributed by atoms with Crippen molar-refractivity contribution in [3.8, 4) is 80.1 Å². The number of ether oxygens (including phenoxy) is 3. The Labute approximate surface area is 488 Å². The minimum absolute atomic E-state index is 0.119.